The second-order valence-corrected chi connectivity index (χ2v) is 4.73. The molecule has 0 saturated carbocycles. The van der Waals surface area contributed by atoms with E-state index in [4.69, 9.17) is 4.74 Å². The maximum Gasteiger partial charge on any atom is 0.266 e. The predicted octanol–water partition coefficient (Wildman–Crippen LogP) is 3.10. The van der Waals surface area contributed by atoms with Crippen molar-refractivity contribution in [2.45, 2.75) is 26.9 Å². The van der Waals surface area contributed by atoms with Crippen molar-refractivity contribution < 1.29 is 9.53 Å². The third-order valence-corrected chi connectivity index (χ3v) is 2.84. The lowest BCUT2D eigenvalue weighted by Gasteiger charge is -2.14. The number of nitrogens with one attached hydrogen (secondary N) is 1. The maximum absolute atomic E-state index is 12.0. The standard InChI is InChI=1S/C16H18N2O2/c1-11-7-9-14(10-8-11)20-13(3)16(19)18-15-6-4-5-12(2)17-15/h4-10,13H,1-3H3,(H,17,18,19). The van der Waals surface area contributed by atoms with Gasteiger partial charge in [-0.05, 0) is 45.0 Å². The van der Waals surface area contributed by atoms with Crippen LogP contribution in [-0.4, -0.2) is 17.0 Å². The smallest absolute Gasteiger partial charge is 0.266 e. The largest absolute Gasteiger partial charge is 0.481 e. The van der Waals surface area contributed by atoms with E-state index in [0.29, 0.717) is 11.6 Å². The first-order valence-electron chi connectivity index (χ1n) is 6.52. The molecule has 0 bridgehead atoms. The van der Waals surface area contributed by atoms with Crippen molar-refractivity contribution in [3.8, 4) is 5.75 Å². The Morgan fingerprint density at radius 1 is 1.15 bits per heavy atom. The van der Waals surface area contributed by atoms with Crippen molar-refractivity contribution in [2.75, 3.05) is 5.32 Å². The first kappa shape index (κ1) is 14.1. The fourth-order valence-electron chi connectivity index (χ4n) is 1.72. The molecule has 0 radical (unpaired) electrons. The van der Waals surface area contributed by atoms with Gasteiger partial charge in [0.25, 0.3) is 5.91 Å². The number of benzene rings is 1. The third kappa shape index (κ3) is 3.82. The second-order valence-electron chi connectivity index (χ2n) is 4.73. The lowest BCUT2D eigenvalue weighted by Crippen LogP contribution is -2.30. The Balaban J connectivity index is 1.96. The second kappa shape index (κ2) is 6.19. The van der Waals surface area contributed by atoms with Gasteiger partial charge in [0.15, 0.2) is 6.10 Å². The predicted molar refractivity (Wildman–Crippen MR) is 78.9 cm³/mol. The minimum atomic E-state index is -0.583. The van der Waals surface area contributed by atoms with E-state index >= 15 is 0 Å². The van der Waals surface area contributed by atoms with Gasteiger partial charge >= 0.3 is 0 Å². The fourth-order valence-corrected chi connectivity index (χ4v) is 1.72. The zero-order valence-electron chi connectivity index (χ0n) is 11.9. The molecule has 2 aromatic rings. The Bertz CT molecular complexity index is 594. The van der Waals surface area contributed by atoms with Gasteiger partial charge < -0.3 is 10.1 Å². The van der Waals surface area contributed by atoms with Gasteiger partial charge in [-0.15, -0.1) is 0 Å². The van der Waals surface area contributed by atoms with E-state index in [1.54, 1.807) is 13.0 Å². The SMILES string of the molecule is Cc1ccc(OC(C)C(=O)Nc2cccc(C)n2)cc1. The summed E-state index contributed by atoms with van der Waals surface area (Å²) in [5.74, 6) is 0.994. The summed E-state index contributed by atoms with van der Waals surface area (Å²) in [5, 5.41) is 2.74. The van der Waals surface area contributed by atoms with Crippen molar-refractivity contribution >= 4 is 11.7 Å². The topological polar surface area (TPSA) is 51.2 Å². The van der Waals surface area contributed by atoms with E-state index in [-0.39, 0.29) is 5.91 Å². The molecule has 20 heavy (non-hydrogen) atoms. The Hall–Kier alpha value is -2.36. The highest BCUT2D eigenvalue weighted by Crippen LogP contribution is 2.14. The Kier molecular flexibility index (Phi) is 4.35. The molecule has 1 amide bonds. The molecule has 1 atom stereocenters. The quantitative estimate of drug-likeness (QED) is 0.928. The van der Waals surface area contributed by atoms with Crippen LogP contribution in [0.15, 0.2) is 42.5 Å². The minimum Gasteiger partial charge on any atom is -0.481 e. The molecule has 1 heterocycles. The highest BCUT2D eigenvalue weighted by molar-refractivity contribution is 5.93. The molecule has 0 aliphatic carbocycles. The van der Waals surface area contributed by atoms with Crippen molar-refractivity contribution in [3.63, 3.8) is 0 Å². The van der Waals surface area contributed by atoms with E-state index in [0.717, 1.165) is 11.3 Å². The average molecular weight is 270 g/mol. The number of hydrogen-bond acceptors (Lipinski definition) is 3. The number of anilines is 1. The van der Waals surface area contributed by atoms with Crippen LogP contribution < -0.4 is 10.1 Å². The van der Waals surface area contributed by atoms with E-state index in [1.807, 2.05) is 50.2 Å². The van der Waals surface area contributed by atoms with Gasteiger partial charge in [-0.3, -0.25) is 4.79 Å². The van der Waals surface area contributed by atoms with Gasteiger partial charge in [0.2, 0.25) is 0 Å². The van der Waals surface area contributed by atoms with Gasteiger partial charge in [0, 0.05) is 5.69 Å². The number of aryl methyl sites for hydroxylation is 2. The van der Waals surface area contributed by atoms with Crippen LogP contribution in [0.4, 0.5) is 5.82 Å². The molecule has 1 aromatic carbocycles. The van der Waals surface area contributed by atoms with E-state index in [1.165, 1.54) is 0 Å². The van der Waals surface area contributed by atoms with Crippen LogP contribution in [-0.2, 0) is 4.79 Å². The van der Waals surface area contributed by atoms with Crippen LogP contribution in [0.5, 0.6) is 5.75 Å². The first-order valence-corrected chi connectivity index (χ1v) is 6.52. The van der Waals surface area contributed by atoms with Crippen molar-refractivity contribution in [2.24, 2.45) is 0 Å². The summed E-state index contributed by atoms with van der Waals surface area (Å²) in [5.41, 5.74) is 2.01. The minimum absolute atomic E-state index is 0.219. The molecule has 4 nitrogen and oxygen atoms in total. The number of rotatable bonds is 4. The first-order chi connectivity index (χ1) is 9.54. The number of aromatic nitrogens is 1. The van der Waals surface area contributed by atoms with E-state index in [9.17, 15) is 4.79 Å². The molecule has 1 aromatic heterocycles. The normalized spacial score (nSPS) is 11.8. The Labute approximate surface area is 118 Å². The molecular formula is C16H18N2O2. The van der Waals surface area contributed by atoms with Crippen LogP contribution in [0.25, 0.3) is 0 Å². The lowest BCUT2D eigenvalue weighted by molar-refractivity contribution is -0.122. The van der Waals surface area contributed by atoms with Gasteiger partial charge in [-0.2, -0.15) is 0 Å². The Morgan fingerprint density at radius 3 is 2.50 bits per heavy atom. The highest BCUT2D eigenvalue weighted by atomic mass is 16.5. The molecule has 104 valence electrons. The monoisotopic (exact) mass is 270 g/mol. The third-order valence-electron chi connectivity index (χ3n) is 2.84. The molecule has 0 aliphatic rings. The average Bonchev–Trinajstić information content (AvgIpc) is 2.41. The maximum atomic E-state index is 12.0. The van der Waals surface area contributed by atoms with Gasteiger partial charge in [0.1, 0.15) is 11.6 Å². The van der Waals surface area contributed by atoms with Gasteiger partial charge in [0.05, 0.1) is 0 Å². The summed E-state index contributed by atoms with van der Waals surface area (Å²) in [4.78, 5) is 16.2. The van der Waals surface area contributed by atoms with Crippen LogP contribution in [0.3, 0.4) is 0 Å². The summed E-state index contributed by atoms with van der Waals surface area (Å²) in [6.07, 6.45) is -0.583. The molecule has 1 unspecified atom stereocenters. The molecule has 0 saturated heterocycles. The molecule has 0 fully saturated rings. The fraction of sp³-hybridized carbons (Fsp3) is 0.250. The van der Waals surface area contributed by atoms with Crippen LogP contribution in [0.1, 0.15) is 18.2 Å². The van der Waals surface area contributed by atoms with E-state index in [2.05, 4.69) is 10.3 Å². The number of hydrogen-bond donors (Lipinski definition) is 1. The number of pyridine rings is 1. The highest BCUT2D eigenvalue weighted by Gasteiger charge is 2.15. The van der Waals surface area contributed by atoms with Crippen LogP contribution in [0, 0.1) is 13.8 Å². The zero-order valence-corrected chi connectivity index (χ0v) is 11.9. The number of amides is 1. The summed E-state index contributed by atoms with van der Waals surface area (Å²) >= 11 is 0. The molecule has 2 rings (SSSR count). The van der Waals surface area contributed by atoms with Gasteiger partial charge in [-0.25, -0.2) is 4.98 Å². The van der Waals surface area contributed by atoms with Crippen molar-refractivity contribution in [3.05, 3.63) is 53.7 Å². The lowest BCUT2D eigenvalue weighted by atomic mass is 10.2. The summed E-state index contributed by atoms with van der Waals surface area (Å²) < 4.78 is 5.59. The number of carbonyl (C=O) groups excluding carboxylic acids is 1. The molecule has 1 N–H and O–H groups in total. The molecule has 4 heteroatoms. The zero-order chi connectivity index (χ0) is 14.5. The summed E-state index contributed by atoms with van der Waals surface area (Å²) in [7, 11) is 0. The van der Waals surface area contributed by atoms with Crippen LogP contribution in [0.2, 0.25) is 0 Å². The molecular weight excluding hydrogens is 252 g/mol. The number of ether oxygens (including phenoxy) is 1. The summed E-state index contributed by atoms with van der Waals surface area (Å²) in [6.45, 7) is 5.59. The van der Waals surface area contributed by atoms with Gasteiger partial charge in [-0.1, -0.05) is 23.8 Å². The van der Waals surface area contributed by atoms with Crippen molar-refractivity contribution in [1.82, 2.24) is 4.98 Å². The molecule has 0 spiro atoms. The summed E-state index contributed by atoms with van der Waals surface area (Å²) in [6, 6.07) is 13.1. The van der Waals surface area contributed by atoms with Crippen LogP contribution >= 0.6 is 0 Å². The molecule has 0 aliphatic heterocycles. The number of nitrogens with zero attached hydrogens (tertiary/aromatic N) is 1. The number of carbonyl (C=O) groups is 1. The van der Waals surface area contributed by atoms with E-state index < -0.39 is 6.10 Å². The van der Waals surface area contributed by atoms with Crippen molar-refractivity contribution in [1.29, 1.82) is 0 Å². The Morgan fingerprint density at radius 2 is 1.85 bits per heavy atom.